The molecule has 1 spiro atoms. The fourth-order valence-corrected chi connectivity index (χ4v) is 5.12. The van der Waals surface area contributed by atoms with E-state index in [4.69, 9.17) is 0 Å². The van der Waals surface area contributed by atoms with Crippen LogP contribution in [0.15, 0.2) is 84.0 Å². The van der Waals surface area contributed by atoms with E-state index in [1.165, 1.54) is 17.3 Å². The van der Waals surface area contributed by atoms with Crippen molar-refractivity contribution in [3.63, 3.8) is 0 Å². The molecule has 144 valence electrons. The van der Waals surface area contributed by atoms with Crippen LogP contribution in [0.3, 0.4) is 0 Å². The number of carbonyl (C=O) groups excluding carboxylic acids is 1. The average Bonchev–Trinajstić information content (AvgIpc) is 3.30. The maximum absolute atomic E-state index is 13.7. The number of carbonyl (C=O) groups is 1. The van der Waals surface area contributed by atoms with Crippen LogP contribution in [0.2, 0.25) is 0 Å². The molecule has 0 fully saturated rings. The zero-order chi connectivity index (χ0) is 19.8. The molecule has 1 amide bonds. The first-order valence-corrected chi connectivity index (χ1v) is 10.6. The number of fused-ring (bicyclic) bond motifs is 2. The molecule has 3 aromatic rings. The van der Waals surface area contributed by atoms with Gasteiger partial charge < -0.3 is 4.90 Å². The van der Waals surface area contributed by atoms with E-state index in [0.29, 0.717) is 6.54 Å². The van der Waals surface area contributed by atoms with Crippen LogP contribution in [0.25, 0.3) is 0 Å². The summed E-state index contributed by atoms with van der Waals surface area (Å²) in [6, 6.07) is 26.5. The predicted molar refractivity (Wildman–Crippen MR) is 119 cm³/mol. The van der Waals surface area contributed by atoms with Crippen molar-refractivity contribution in [3.8, 4) is 0 Å². The summed E-state index contributed by atoms with van der Waals surface area (Å²) in [6.45, 7) is 2.70. The SMILES string of the molecule is Cc1ccc2c(c1)C1(NN=C(c3ccccc3)S1)C(=O)N2CCc1ccccc1. The lowest BCUT2D eigenvalue weighted by Gasteiger charge is -2.23. The molecule has 5 heteroatoms. The average molecular weight is 400 g/mol. The molecule has 0 saturated carbocycles. The van der Waals surface area contributed by atoms with Crippen molar-refractivity contribution in [1.82, 2.24) is 5.43 Å². The van der Waals surface area contributed by atoms with Crippen LogP contribution in [0, 0.1) is 6.92 Å². The van der Waals surface area contributed by atoms with Crippen LogP contribution in [-0.2, 0) is 16.1 Å². The molecule has 0 aliphatic carbocycles. The molecule has 0 radical (unpaired) electrons. The van der Waals surface area contributed by atoms with E-state index in [2.05, 4.69) is 47.8 Å². The van der Waals surface area contributed by atoms with Crippen LogP contribution in [0.4, 0.5) is 5.69 Å². The Balaban J connectivity index is 1.48. The minimum absolute atomic E-state index is 0.0497. The van der Waals surface area contributed by atoms with E-state index in [1.807, 2.05) is 53.4 Å². The van der Waals surface area contributed by atoms with Gasteiger partial charge in [0.25, 0.3) is 5.91 Å². The first-order chi connectivity index (χ1) is 14.2. The van der Waals surface area contributed by atoms with Gasteiger partial charge in [0.05, 0.1) is 5.69 Å². The highest BCUT2D eigenvalue weighted by atomic mass is 32.2. The number of nitrogens with zero attached hydrogens (tertiary/aromatic N) is 2. The Hall–Kier alpha value is -3.05. The quantitative estimate of drug-likeness (QED) is 0.706. The van der Waals surface area contributed by atoms with Crippen molar-refractivity contribution in [2.24, 2.45) is 5.10 Å². The third kappa shape index (κ3) is 3.02. The molecule has 1 atom stereocenters. The van der Waals surface area contributed by atoms with Crippen LogP contribution in [0.1, 0.15) is 22.3 Å². The van der Waals surface area contributed by atoms with E-state index in [1.54, 1.807) is 0 Å². The third-order valence-corrected chi connectivity index (χ3v) is 6.73. The zero-order valence-electron chi connectivity index (χ0n) is 16.1. The number of nitrogens with one attached hydrogen (secondary N) is 1. The number of hydrogen-bond acceptors (Lipinski definition) is 4. The number of benzene rings is 3. The molecule has 2 aliphatic rings. The smallest absolute Gasteiger partial charge is 0.269 e. The summed E-state index contributed by atoms with van der Waals surface area (Å²) in [7, 11) is 0. The molecule has 4 nitrogen and oxygen atoms in total. The lowest BCUT2D eigenvalue weighted by molar-refractivity contribution is -0.121. The van der Waals surface area contributed by atoms with Gasteiger partial charge in [0.2, 0.25) is 4.87 Å². The van der Waals surface area contributed by atoms with Crippen molar-refractivity contribution >= 4 is 28.4 Å². The van der Waals surface area contributed by atoms with Crippen LogP contribution < -0.4 is 10.3 Å². The number of anilines is 1. The maximum atomic E-state index is 13.7. The Morgan fingerprint density at radius 1 is 1.00 bits per heavy atom. The van der Waals surface area contributed by atoms with Gasteiger partial charge in [-0.25, -0.2) is 0 Å². The Labute approximate surface area is 174 Å². The van der Waals surface area contributed by atoms with Crippen molar-refractivity contribution in [1.29, 1.82) is 0 Å². The Morgan fingerprint density at radius 2 is 1.72 bits per heavy atom. The van der Waals surface area contributed by atoms with Gasteiger partial charge in [-0.3, -0.25) is 10.2 Å². The summed E-state index contributed by atoms with van der Waals surface area (Å²) in [5, 5.41) is 5.40. The third-order valence-electron chi connectivity index (χ3n) is 5.42. The van der Waals surface area contributed by atoms with Gasteiger partial charge in [-0.15, -0.1) is 0 Å². The second-order valence-corrected chi connectivity index (χ2v) is 8.59. The summed E-state index contributed by atoms with van der Waals surface area (Å²) < 4.78 is 0. The van der Waals surface area contributed by atoms with Gasteiger partial charge in [-0.1, -0.05) is 90.1 Å². The number of amides is 1. The predicted octanol–water partition coefficient (Wildman–Crippen LogP) is 4.44. The number of thioether (sulfide) groups is 1. The molecule has 29 heavy (non-hydrogen) atoms. The summed E-state index contributed by atoms with van der Waals surface area (Å²) in [5.74, 6) is 0.0497. The molecule has 0 saturated heterocycles. The maximum Gasteiger partial charge on any atom is 0.269 e. The molecule has 0 aromatic heterocycles. The lowest BCUT2D eigenvalue weighted by atomic mass is 10.1. The number of rotatable bonds is 4. The summed E-state index contributed by atoms with van der Waals surface area (Å²) >= 11 is 1.51. The van der Waals surface area contributed by atoms with Crippen molar-refractivity contribution in [2.75, 3.05) is 11.4 Å². The first kappa shape index (κ1) is 18.0. The molecule has 1 N–H and O–H groups in total. The Morgan fingerprint density at radius 3 is 2.48 bits per heavy atom. The monoisotopic (exact) mass is 399 g/mol. The highest BCUT2D eigenvalue weighted by Gasteiger charge is 2.55. The van der Waals surface area contributed by atoms with E-state index < -0.39 is 4.87 Å². The highest BCUT2D eigenvalue weighted by Crippen LogP contribution is 2.50. The summed E-state index contributed by atoms with van der Waals surface area (Å²) in [4.78, 5) is 14.7. The fraction of sp³-hybridized carbons (Fsp3) is 0.167. The largest absolute Gasteiger partial charge is 0.308 e. The Bertz CT molecular complexity index is 1100. The van der Waals surface area contributed by atoms with E-state index in [-0.39, 0.29) is 5.91 Å². The highest BCUT2D eigenvalue weighted by molar-refractivity contribution is 8.16. The lowest BCUT2D eigenvalue weighted by Crippen LogP contribution is -2.45. The first-order valence-electron chi connectivity index (χ1n) is 9.74. The van der Waals surface area contributed by atoms with Gasteiger partial charge in [0.1, 0.15) is 5.04 Å². The zero-order valence-corrected chi connectivity index (χ0v) is 16.9. The Kier molecular flexibility index (Phi) is 4.40. The minimum Gasteiger partial charge on any atom is -0.308 e. The van der Waals surface area contributed by atoms with Crippen molar-refractivity contribution in [2.45, 2.75) is 18.2 Å². The van der Waals surface area contributed by atoms with Crippen molar-refractivity contribution < 1.29 is 4.79 Å². The molecule has 3 aromatic carbocycles. The second-order valence-electron chi connectivity index (χ2n) is 7.39. The van der Waals surface area contributed by atoms with Gasteiger partial charge >= 0.3 is 0 Å². The topological polar surface area (TPSA) is 44.7 Å². The van der Waals surface area contributed by atoms with Gasteiger partial charge in [0.15, 0.2) is 0 Å². The van der Waals surface area contributed by atoms with Gasteiger partial charge in [0, 0.05) is 17.7 Å². The fourth-order valence-electron chi connectivity index (χ4n) is 3.92. The van der Waals surface area contributed by atoms with E-state index >= 15 is 0 Å². The minimum atomic E-state index is -0.886. The summed E-state index contributed by atoms with van der Waals surface area (Å²) in [6.07, 6.45) is 0.813. The van der Waals surface area contributed by atoms with Gasteiger partial charge in [-0.05, 0) is 25.0 Å². The molecular weight excluding hydrogens is 378 g/mol. The second kappa shape index (κ2) is 7.08. The normalized spacial score (nSPS) is 20.0. The molecule has 1 unspecified atom stereocenters. The van der Waals surface area contributed by atoms with Crippen LogP contribution in [0.5, 0.6) is 0 Å². The van der Waals surface area contributed by atoms with Gasteiger partial charge in [-0.2, -0.15) is 5.10 Å². The van der Waals surface area contributed by atoms with Crippen molar-refractivity contribution in [3.05, 3.63) is 101 Å². The standard InChI is InChI=1S/C24H21N3OS/c1-17-12-13-21-20(16-17)24(26-25-22(29-24)19-10-6-3-7-11-19)23(28)27(21)15-14-18-8-4-2-5-9-18/h2-13,16,26H,14-15H2,1H3. The number of hydrazone groups is 1. The molecule has 0 bridgehead atoms. The molecule has 2 heterocycles. The van der Waals surface area contributed by atoms with Crippen LogP contribution in [-0.4, -0.2) is 17.5 Å². The summed E-state index contributed by atoms with van der Waals surface area (Å²) in [5.41, 5.74) is 8.55. The molecule has 2 aliphatic heterocycles. The number of aryl methyl sites for hydroxylation is 1. The van der Waals surface area contributed by atoms with E-state index in [0.717, 1.165) is 33.8 Å². The van der Waals surface area contributed by atoms with E-state index in [9.17, 15) is 4.79 Å². The number of hydrogen-bond donors (Lipinski definition) is 1. The molecule has 5 rings (SSSR count). The molecular formula is C24H21N3OS. The van der Waals surface area contributed by atoms with Crippen LogP contribution >= 0.6 is 11.8 Å².